The molecule has 2 amide bonds. The Hall–Kier alpha value is -3.31. The van der Waals surface area contributed by atoms with Crippen LogP contribution in [0.3, 0.4) is 0 Å². The summed E-state index contributed by atoms with van der Waals surface area (Å²) in [5.41, 5.74) is 3.20. The molecule has 1 N–H and O–H groups in total. The van der Waals surface area contributed by atoms with Crippen molar-refractivity contribution in [3.05, 3.63) is 41.5 Å². The topological polar surface area (TPSA) is 114 Å². The molecule has 4 bridgehead atoms. The summed E-state index contributed by atoms with van der Waals surface area (Å²) in [6, 6.07) is 9.83. The third-order valence-electron chi connectivity index (χ3n) is 8.82. The first-order valence-corrected chi connectivity index (χ1v) is 17.6. The zero-order valence-electron chi connectivity index (χ0n) is 26.1. The molecule has 10 nitrogen and oxygen atoms in total. The van der Waals surface area contributed by atoms with Gasteiger partial charge in [-0.25, -0.2) is 8.42 Å². The molecule has 3 aliphatic heterocycles. The van der Waals surface area contributed by atoms with Crippen LogP contribution >= 0.6 is 0 Å². The lowest BCUT2D eigenvalue weighted by atomic mass is 9.98. The van der Waals surface area contributed by atoms with Crippen molar-refractivity contribution in [3.63, 3.8) is 0 Å². The largest absolute Gasteiger partial charge is 0.496 e. The van der Waals surface area contributed by atoms with Crippen molar-refractivity contribution in [2.24, 2.45) is 5.92 Å². The van der Waals surface area contributed by atoms with E-state index < -0.39 is 9.84 Å². The highest BCUT2D eigenvalue weighted by Gasteiger charge is 2.31. The molecule has 0 radical (unpaired) electrons. The number of hydrogen-bond donors (Lipinski definition) is 1. The molecule has 1 fully saturated rings. The number of methoxy groups -OCH3 is 1. The average molecular weight is 628 g/mol. The Kier molecular flexibility index (Phi) is 10.4. The van der Waals surface area contributed by atoms with Crippen LogP contribution in [0.15, 0.2) is 30.3 Å². The number of carbonyl (C=O) groups excluding carboxylic acids is 2. The van der Waals surface area contributed by atoms with Crippen LogP contribution in [0.1, 0.15) is 61.9 Å². The number of amides is 2. The first-order valence-electron chi connectivity index (χ1n) is 15.8. The molecule has 0 atom stereocenters. The number of nitrogens with one attached hydrogen (secondary N) is 1. The van der Waals surface area contributed by atoms with Gasteiger partial charge in [0.25, 0.3) is 5.91 Å². The van der Waals surface area contributed by atoms with Crippen LogP contribution in [0.4, 0.5) is 0 Å². The van der Waals surface area contributed by atoms with E-state index in [2.05, 4.69) is 30.1 Å². The molecule has 2 aromatic rings. The lowest BCUT2D eigenvalue weighted by Gasteiger charge is -2.29. The molecule has 44 heavy (non-hydrogen) atoms. The summed E-state index contributed by atoms with van der Waals surface area (Å²) in [6.45, 7) is 8.28. The van der Waals surface area contributed by atoms with Gasteiger partial charge in [-0.2, -0.15) is 0 Å². The zero-order chi connectivity index (χ0) is 31.3. The van der Waals surface area contributed by atoms with Gasteiger partial charge in [0.05, 0.1) is 25.2 Å². The van der Waals surface area contributed by atoms with Gasteiger partial charge in [0.1, 0.15) is 22.2 Å². The van der Waals surface area contributed by atoms with E-state index in [0.29, 0.717) is 88.2 Å². The van der Waals surface area contributed by atoms with Gasteiger partial charge in [-0.15, -0.1) is 0 Å². The summed E-state index contributed by atoms with van der Waals surface area (Å²) in [5, 5.41) is 3.02. The average Bonchev–Trinajstić information content (AvgIpc) is 3.23. The lowest BCUT2D eigenvalue weighted by molar-refractivity contribution is -0.136. The van der Waals surface area contributed by atoms with Gasteiger partial charge in [0, 0.05) is 61.4 Å². The summed E-state index contributed by atoms with van der Waals surface area (Å²) in [7, 11) is -1.43. The molecule has 240 valence electrons. The Morgan fingerprint density at radius 1 is 0.977 bits per heavy atom. The highest BCUT2D eigenvalue weighted by Crippen LogP contribution is 2.41. The molecule has 0 unspecified atom stereocenters. The minimum Gasteiger partial charge on any atom is -0.496 e. The fourth-order valence-electron chi connectivity index (χ4n) is 6.18. The highest BCUT2D eigenvalue weighted by molar-refractivity contribution is 7.91. The van der Waals surface area contributed by atoms with Crippen molar-refractivity contribution in [3.8, 4) is 28.4 Å². The SMILES string of the molecule is COc1ccc2cc1-c1cc3c(c(c1)OCCCN(C(=O)C1CCS(=O)(=O)CC1)CCCCNC2=O)OCCN(C(C)C)C3. The Morgan fingerprint density at radius 3 is 2.50 bits per heavy atom. The van der Waals surface area contributed by atoms with E-state index in [1.54, 1.807) is 13.2 Å². The standard InChI is InChI=1S/C33H45N3O7S/c1-23(2)36-14-16-43-31-27(22-36)19-26-21-30(31)42-15-6-13-35(33(38)24-9-17-44(39,40)18-10-24)12-5-4-11-34-32(37)25-7-8-29(41-3)28(26)20-25/h7-8,19-21,23-24H,4-6,9-18,22H2,1-3H3,(H,34,37). The third-order valence-corrected chi connectivity index (χ3v) is 10.5. The highest BCUT2D eigenvalue weighted by atomic mass is 32.2. The van der Waals surface area contributed by atoms with E-state index >= 15 is 0 Å². The molecule has 0 aliphatic carbocycles. The minimum absolute atomic E-state index is 0.0120. The maximum Gasteiger partial charge on any atom is 0.251 e. The third kappa shape index (κ3) is 7.66. The molecule has 11 heteroatoms. The van der Waals surface area contributed by atoms with E-state index in [0.717, 1.165) is 35.4 Å². The van der Waals surface area contributed by atoms with Crippen molar-refractivity contribution in [2.45, 2.75) is 58.5 Å². The van der Waals surface area contributed by atoms with Crippen molar-refractivity contribution >= 4 is 21.7 Å². The van der Waals surface area contributed by atoms with Gasteiger partial charge < -0.3 is 24.4 Å². The number of fused-ring (bicyclic) bond motifs is 7. The van der Waals surface area contributed by atoms with E-state index in [4.69, 9.17) is 14.2 Å². The van der Waals surface area contributed by atoms with E-state index in [-0.39, 0.29) is 29.2 Å². The molecular formula is C33H45N3O7S. The quantitative estimate of drug-likeness (QED) is 0.545. The maximum absolute atomic E-state index is 13.5. The van der Waals surface area contributed by atoms with Crippen LogP contribution < -0.4 is 19.5 Å². The zero-order valence-corrected chi connectivity index (χ0v) is 26.9. The monoisotopic (exact) mass is 627 g/mol. The van der Waals surface area contributed by atoms with E-state index in [1.165, 1.54) is 0 Å². The Morgan fingerprint density at radius 2 is 1.75 bits per heavy atom. The Balaban J connectivity index is 1.45. The van der Waals surface area contributed by atoms with Gasteiger partial charge in [-0.05, 0) is 81.8 Å². The number of carbonyl (C=O) groups is 2. The summed E-state index contributed by atoms with van der Waals surface area (Å²) < 4.78 is 42.3. The van der Waals surface area contributed by atoms with Gasteiger partial charge in [0.2, 0.25) is 5.91 Å². The van der Waals surface area contributed by atoms with Crippen LogP contribution in [0.5, 0.6) is 17.2 Å². The van der Waals surface area contributed by atoms with Crippen LogP contribution in [-0.4, -0.2) is 94.1 Å². The summed E-state index contributed by atoms with van der Waals surface area (Å²) in [4.78, 5) is 30.9. The number of ether oxygens (including phenoxy) is 3. The Bertz CT molecular complexity index is 1450. The lowest BCUT2D eigenvalue weighted by Crippen LogP contribution is -2.41. The first-order chi connectivity index (χ1) is 21.1. The maximum atomic E-state index is 13.5. The molecular weight excluding hydrogens is 582 g/mol. The molecule has 0 spiro atoms. The number of rotatable bonds is 3. The Labute approximate surface area is 260 Å². The second kappa shape index (κ2) is 14.2. The molecule has 0 saturated carbocycles. The summed E-state index contributed by atoms with van der Waals surface area (Å²) in [5.74, 6) is 1.69. The molecule has 1 saturated heterocycles. The van der Waals surface area contributed by atoms with Gasteiger partial charge in [-0.3, -0.25) is 14.5 Å². The minimum atomic E-state index is -3.06. The van der Waals surface area contributed by atoms with Crippen molar-refractivity contribution in [2.75, 3.05) is 58.0 Å². The van der Waals surface area contributed by atoms with Gasteiger partial charge in [-0.1, -0.05) is 0 Å². The van der Waals surface area contributed by atoms with Crippen molar-refractivity contribution in [1.82, 2.24) is 15.1 Å². The van der Waals surface area contributed by atoms with E-state index in [9.17, 15) is 18.0 Å². The van der Waals surface area contributed by atoms with E-state index in [1.807, 2.05) is 23.1 Å². The second-order valence-electron chi connectivity index (χ2n) is 12.2. The van der Waals surface area contributed by atoms with Gasteiger partial charge in [0.15, 0.2) is 11.5 Å². The first kappa shape index (κ1) is 32.1. The number of benzene rings is 2. The fourth-order valence-corrected chi connectivity index (χ4v) is 7.67. The molecule has 3 aliphatic rings. The summed E-state index contributed by atoms with van der Waals surface area (Å²) >= 11 is 0. The fraction of sp³-hybridized carbons (Fsp3) is 0.576. The second-order valence-corrected chi connectivity index (χ2v) is 14.5. The predicted octanol–water partition coefficient (Wildman–Crippen LogP) is 3.91. The molecule has 5 rings (SSSR count). The number of nitrogens with zero attached hydrogens (tertiary/aromatic N) is 2. The number of sulfone groups is 1. The van der Waals surface area contributed by atoms with Gasteiger partial charge >= 0.3 is 0 Å². The number of hydrogen-bond acceptors (Lipinski definition) is 8. The van der Waals surface area contributed by atoms with Crippen LogP contribution in [0.25, 0.3) is 11.1 Å². The normalized spacial score (nSPS) is 20.4. The predicted molar refractivity (Wildman–Crippen MR) is 169 cm³/mol. The van der Waals surface area contributed by atoms with Crippen molar-refractivity contribution in [1.29, 1.82) is 0 Å². The van der Waals surface area contributed by atoms with Crippen LogP contribution in [0, 0.1) is 5.92 Å². The van der Waals surface area contributed by atoms with Crippen molar-refractivity contribution < 1.29 is 32.2 Å². The molecule has 2 aromatic carbocycles. The molecule has 0 aromatic heterocycles. The van der Waals surface area contributed by atoms with Crippen LogP contribution in [0.2, 0.25) is 0 Å². The molecule has 3 heterocycles. The van der Waals surface area contributed by atoms with Crippen LogP contribution in [-0.2, 0) is 21.2 Å². The summed E-state index contributed by atoms with van der Waals surface area (Å²) in [6.07, 6.45) is 2.79. The smallest absolute Gasteiger partial charge is 0.251 e.